The van der Waals surface area contributed by atoms with Crippen molar-refractivity contribution in [1.29, 1.82) is 0 Å². The van der Waals surface area contributed by atoms with Gasteiger partial charge in [0.05, 0.1) is 11.8 Å². The van der Waals surface area contributed by atoms with E-state index in [9.17, 15) is 19.5 Å². The van der Waals surface area contributed by atoms with Gasteiger partial charge in [0, 0.05) is 11.6 Å². The van der Waals surface area contributed by atoms with Gasteiger partial charge in [-0.25, -0.2) is 4.79 Å². The Balaban J connectivity index is 1.86. The lowest BCUT2D eigenvalue weighted by atomic mass is 9.76. The van der Waals surface area contributed by atoms with Gasteiger partial charge in [-0.05, 0) is 31.9 Å². The van der Waals surface area contributed by atoms with E-state index in [-0.39, 0.29) is 5.91 Å². The number of rotatable bonds is 4. The summed E-state index contributed by atoms with van der Waals surface area (Å²) in [4.78, 5) is 41.0. The van der Waals surface area contributed by atoms with Crippen molar-refractivity contribution in [3.8, 4) is 0 Å². The Kier molecular flexibility index (Phi) is 5.06. The highest BCUT2D eigenvalue weighted by atomic mass is 16.4. The van der Waals surface area contributed by atoms with Gasteiger partial charge in [-0.1, -0.05) is 72.8 Å². The SMILES string of the molecule is CC(C)(C)N1C(=O)C2C(/C=C/c3ccccc3)NC(C(=O)O)(c3ccccc3)C2C1=O. The molecule has 0 aliphatic carbocycles. The zero-order valence-electron chi connectivity index (χ0n) is 17.8. The predicted octanol–water partition coefficient (Wildman–Crippen LogP) is 3.05. The quantitative estimate of drug-likeness (QED) is 0.746. The molecule has 0 radical (unpaired) electrons. The first-order valence-corrected chi connectivity index (χ1v) is 10.4. The van der Waals surface area contributed by atoms with Crippen LogP contribution in [0.3, 0.4) is 0 Å². The van der Waals surface area contributed by atoms with E-state index in [0.717, 1.165) is 5.56 Å². The maximum absolute atomic E-state index is 13.5. The summed E-state index contributed by atoms with van der Waals surface area (Å²) >= 11 is 0. The van der Waals surface area contributed by atoms with Gasteiger partial charge in [0.2, 0.25) is 11.8 Å². The highest BCUT2D eigenvalue weighted by Gasteiger charge is 2.69. The summed E-state index contributed by atoms with van der Waals surface area (Å²) in [6, 6.07) is 17.6. The molecule has 0 aromatic heterocycles. The van der Waals surface area contributed by atoms with Crippen LogP contribution in [0.5, 0.6) is 0 Å². The summed E-state index contributed by atoms with van der Waals surface area (Å²) < 4.78 is 0. The van der Waals surface area contributed by atoms with E-state index in [0.29, 0.717) is 5.56 Å². The van der Waals surface area contributed by atoms with E-state index in [1.165, 1.54) is 4.90 Å². The first kappa shape index (κ1) is 21.0. The number of carbonyl (C=O) groups is 3. The van der Waals surface area contributed by atoms with Gasteiger partial charge >= 0.3 is 5.97 Å². The minimum Gasteiger partial charge on any atom is -0.480 e. The van der Waals surface area contributed by atoms with Crippen LogP contribution in [0, 0.1) is 11.8 Å². The number of carbonyl (C=O) groups excluding carboxylic acids is 2. The number of hydrogen-bond acceptors (Lipinski definition) is 4. The van der Waals surface area contributed by atoms with Crippen LogP contribution in [0.15, 0.2) is 66.7 Å². The van der Waals surface area contributed by atoms with Crippen LogP contribution in [0.25, 0.3) is 6.08 Å². The molecule has 0 bridgehead atoms. The summed E-state index contributed by atoms with van der Waals surface area (Å²) in [7, 11) is 0. The lowest BCUT2D eigenvalue weighted by Gasteiger charge is -2.35. The van der Waals surface area contributed by atoms with E-state index in [4.69, 9.17) is 0 Å². The number of carboxylic acid groups (broad SMARTS) is 1. The van der Waals surface area contributed by atoms with E-state index < -0.39 is 40.8 Å². The van der Waals surface area contributed by atoms with E-state index in [2.05, 4.69) is 5.32 Å². The maximum Gasteiger partial charge on any atom is 0.329 e. The molecule has 160 valence electrons. The van der Waals surface area contributed by atoms with Gasteiger partial charge in [0.25, 0.3) is 0 Å². The van der Waals surface area contributed by atoms with Crippen LogP contribution < -0.4 is 5.32 Å². The van der Waals surface area contributed by atoms with Gasteiger partial charge in [-0.3, -0.25) is 19.8 Å². The number of nitrogens with zero attached hydrogens (tertiary/aromatic N) is 1. The molecule has 2 amide bonds. The van der Waals surface area contributed by atoms with Crippen LogP contribution >= 0.6 is 0 Å². The molecule has 4 rings (SSSR count). The van der Waals surface area contributed by atoms with Crippen LogP contribution in [-0.4, -0.2) is 39.4 Å². The van der Waals surface area contributed by atoms with Crippen molar-refractivity contribution in [2.24, 2.45) is 11.8 Å². The van der Waals surface area contributed by atoms with Crippen LogP contribution in [0.2, 0.25) is 0 Å². The molecule has 4 atom stereocenters. The number of hydrogen-bond donors (Lipinski definition) is 2. The summed E-state index contributed by atoms with van der Waals surface area (Å²) in [5, 5.41) is 13.6. The second kappa shape index (κ2) is 7.46. The highest BCUT2D eigenvalue weighted by molar-refractivity contribution is 6.10. The van der Waals surface area contributed by atoms with Gasteiger partial charge in [0.1, 0.15) is 0 Å². The Labute approximate surface area is 181 Å². The standard InChI is InChI=1S/C25H26N2O4/c1-24(2,3)27-21(28)19-18(15-14-16-10-6-4-7-11-16)26-25(23(30)31,20(19)22(27)29)17-12-8-5-9-13-17/h4-15,18-20,26H,1-3H3,(H,30,31)/b15-14+. The zero-order valence-corrected chi connectivity index (χ0v) is 17.8. The molecule has 4 unspecified atom stereocenters. The van der Waals surface area contributed by atoms with E-state index in [1.54, 1.807) is 57.2 Å². The molecule has 0 saturated carbocycles. The van der Waals surface area contributed by atoms with E-state index in [1.807, 2.05) is 36.4 Å². The molecule has 2 aromatic rings. The molecule has 2 fully saturated rings. The molecule has 6 nitrogen and oxygen atoms in total. The van der Waals surface area contributed by atoms with Crippen LogP contribution in [0.4, 0.5) is 0 Å². The van der Waals surface area contributed by atoms with Gasteiger partial charge in [-0.15, -0.1) is 0 Å². The number of imide groups is 1. The van der Waals surface area contributed by atoms with Crippen molar-refractivity contribution in [3.63, 3.8) is 0 Å². The van der Waals surface area contributed by atoms with Crippen molar-refractivity contribution in [2.75, 3.05) is 0 Å². The Hall–Kier alpha value is -3.25. The third-order valence-electron chi connectivity index (χ3n) is 6.13. The number of fused-ring (bicyclic) bond motifs is 1. The lowest BCUT2D eigenvalue weighted by Crippen LogP contribution is -2.56. The second-order valence-electron chi connectivity index (χ2n) is 9.11. The highest BCUT2D eigenvalue weighted by Crippen LogP contribution is 2.50. The average molecular weight is 418 g/mol. The Morgan fingerprint density at radius 3 is 2.13 bits per heavy atom. The summed E-state index contributed by atoms with van der Waals surface area (Å²) in [6.07, 6.45) is 3.66. The Morgan fingerprint density at radius 2 is 1.58 bits per heavy atom. The number of aliphatic carboxylic acids is 1. The van der Waals surface area contributed by atoms with Crippen molar-refractivity contribution in [3.05, 3.63) is 77.9 Å². The fourth-order valence-electron chi connectivity index (χ4n) is 4.84. The molecular formula is C25H26N2O4. The number of nitrogens with one attached hydrogen (secondary N) is 1. The Morgan fingerprint density at radius 1 is 1.00 bits per heavy atom. The van der Waals surface area contributed by atoms with Crippen LogP contribution in [-0.2, 0) is 19.9 Å². The molecule has 6 heteroatoms. The third-order valence-corrected chi connectivity index (χ3v) is 6.13. The third kappa shape index (κ3) is 3.27. The lowest BCUT2D eigenvalue weighted by molar-refractivity contribution is -0.154. The molecule has 2 aromatic carbocycles. The minimum absolute atomic E-state index is 0.336. The predicted molar refractivity (Wildman–Crippen MR) is 117 cm³/mol. The summed E-state index contributed by atoms with van der Waals surface area (Å²) in [5.74, 6) is -3.79. The maximum atomic E-state index is 13.5. The van der Waals surface area contributed by atoms with Gasteiger partial charge < -0.3 is 5.11 Å². The molecule has 2 heterocycles. The average Bonchev–Trinajstić information content (AvgIpc) is 3.22. The molecule has 31 heavy (non-hydrogen) atoms. The van der Waals surface area contributed by atoms with Gasteiger partial charge in [0.15, 0.2) is 5.54 Å². The van der Waals surface area contributed by atoms with Gasteiger partial charge in [-0.2, -0.15) is 0 Å². The molecule has 2 aliphatic rings. The molecule has 2 aliphatic heterocycles. The van der Waals surface area contributed by atoms with Crippen molar-refractivity contribution in [2.45, 2.75) is 37.9 Å². The molecule has 2 N–H and O–H groups in total. The first-order valence-electron chi connectivity index (χ1n) is 10.4. The smallest absolute Gasteiger partial charge is 0.329 e. The fraction of sp³-hybridized carbons (Fsp3) is 0.320. The second-order valence-corrected chi connectivity index (χ2v) is 9.11. The number of benzene rings is 2. The van der Waals surface area contributed by atoms with Crippen molar-refractivity contribution < 1.29 is 19.5 Å². The van der Waals surface area contributed by atoms with Crippen molar-refractivity contribution in [1.82, 2.24) is 10.2 Å². The monoisotopic (exact) mass is 418 g/mol. The number of carboxylic acids is 1. The minimum atomic E-state index is -1.69. The molecule has 2 saturated heterocycles. The first-order chi connectivity index (χ1) is 14.7. The number of likely N-dealkylation sites (tertiary alicyclic amines) is 1. The number of amides is 2. The Bertz CT molecular complexity index is 1040. The van der Waals surface area contributed by atoms with Crippen molar-refractivity contribution >= 4 is 23.9 Å². The fourth-order valence-corrected chi connectivity index (χ4v) is 4.84. The summed E-state index contributed by atoms with van der Waals surface area (Å²) in [5.41, 5.74) is -1.04. The molecule has 0 spiro atoms. The van der Waals surface area contributed by atoms with E-state index >= 15 is 0 Å². The largest absolute Gasteiger partial charge is 0.480 e. The van der Waals surface area contributed by atoms with Crippen LogP contribution in [0.1, 0.15) is 31.9 Å². The zero-order chi connectivity index (χ0) is 22.4. The topological polar surface area (TPSA) is 86.7 Å². The normalized spacial score (nSPS) is 28.4. The summed E-state index contributed by atoms with van der Waals surface area (Å²) in [6.45, 7) is 5.37. The molecular weight excluding hydrogens is 392 g/mol.